The lowest BCUT2D eigenvalue weighted by Gasteiger charge is -2.04. The van der Waals surface area contributed by atoms with Crippen molar-refractivity contribution in [1.29, 1.82) is 5.26 Å². The molecule has 0 aliphatic heterocycles. The minimum absolute atomic E-state index is 0.438. The number of halogens is 2. The van der Waals surface area contributed by atoms with E-state index in [9.17, 15) is 0 Å². The van der Waals surface area contributed by atoms with Crippen molar-refractivity contribution in [2.75, 3.05) is 0 Å². The van der Waals surface area contributed by atoms with E-state index in [2.05, 4.69) is 4.98 Å². The molecule has 4 heteroatoms. The van der Waals surface area contributed by atoms with Gasteiger partial charge >= 0.3 is 0 Å². The van der Waals surface area contributed by atoms with Crippen LogP contribution in [0.3, 0.4) is 0 Å². The molecule has 0 radical (unpaired) electrons. The van der Waals surface area contributed by atoms with E-state index in [-0.39, 0.29) is 0 Å². The molecule has 2 rings (SSSR count). The highest BCUT2D eigenvalue weighted by Gasteiger charge is 2.04. The maximum absolute atomic E-state index is 8.72. The molecule has 0 amide bonds. The van der Waals surface area contributed by atoms with Crippen LogP contribution in [-0.2, 0) is 0 Å². The summed E-state index contributed by atoms with van der Waals surface area (Å²) in [6.07, 6.45) is 1.65. The summed E-state index contributed by atoms with van der Waals surface area (Å²) in [5.41, 5.74) is 2.25. The zero-order chi connectivity index (χ0) is 11.5. The number of nitrogens with zero attached hydrogens (tertiary/aromatic N) is 2. The molecular weight excluding hydrogens is 243 g/mol. The van der Waals surface area contributed by atoms with Gasteiger partial charge in [-0.1, -0.05) is 29.3 Å². The Morgan fingerprint density at radius 1 is 1.12 bits per heavy atom. The second-order valence-electron chi connectivity index (χ2n) is 3.18. The monoisotopic (exact) mass is 248 g/mol. The Morgan fingerprint density at radius 3 is 2.50 bits per heavy atom. The Hall–Kier alpha value is -1.56. The van der Waals surface area contributed by atoms with Gasteiger partial charge in [0, 0.05) is 22.3 Å². The van der Waals surface area contributed by atoms with Crippen LogP contribution >= 0.6 is 23.2 Å². The number of aromatic nitrogens is 1. The molecular formula is C12H6Cl2N2. The number of hydrogen-bond acceptors (Lipinski definition) is 2. The Kier molecular flexibility index (Phi) is 3.09. The van der Waals surface area contributed by atoms with Crippen molar-refractivity contribution in [3.05, 3.63) is 52.3 Å². The standard InChI is InChI=1S/C12H6Cl2N2/c13-11-5-8(6-15)1-3-10(11)9-2-4-12(14)16-7-9/h1-5,7H. The van der Waals surface area contributed by atoms with E-state index in [0.717, 1.165) is 11.1 Å². The fourth-order valence-corrected chi connectivity index (χ4v) is 1.76. The summed E-state index contributed by atoms with van der Waals surface area (Å²) in [6, 6.07) is 10.7. The maximum Gasteiger partial charge on any atom is 0.129 e. The predicted octanol–water partition coefficient (Wildman–Crippen LogP) is 3.93. The summed E-state index contributed by atoms with van der Waals surface area (Å²) in [5.74, 6) is 0. The van der Waals surface area contributed by atoms with Crippen molar-refractivity contribution in [3.8, 4) is 17.2 Å². The van der Waals surface area contributed by atoms with Gasteiger partial charge in [0.15, 0.2) is 0 Å². The highest BCUT2D eigenvalue weighted by atomic mass is 35.5. The summed E-state index contributed by atoms with van der Waals surface area (Å²) in [5, 5.41) is 9.69. The van der Waals surface area contributed by atoms with Crippen LogP contribution in [0.2, 0.25) is 10.2 Å². The molecule has 0 aliphatic carbocycles. The van der Waals surface area contributed by atoms with Gasteiger partial charge in [0.25, 0.3) is 0 Å². The molecule has 0 spiro atoms. The Labute approximate surface area is 103 Å². The summed E-state index contributed by atoms with van der Waals surface area (Å²) < 4.78 is 0. The molecule has 0 unspecified atom stereocenters. The molecule has 0 fully saturated rings. The van der Waals surface area contributed by atoms with E-state index in [4.69, 9.17) is 28.5 Å². The first-order chi connectivity index (χ1) is 7.70. The van der Waals surface area contributed by atoms with Crippen LogP contribution in [0.15, 0.2) is 36.5 Å². The second-order valence-corrected chi connectivity index (χ2v) is 3.97. The van der Waals surface area contributed by atoms with Crippen molar-refractivity contribution in [3.63, 3.8) is 0 Å². The van der Waals surface area contributed by atoms with Crippen molar-refractivity contribution >= 4 is 23.2 Å². The zero-order valence-electron chi connectivity index (χ0n) is 8.11. The van der Waals surface area contributed by atoms with E-state index in [1.165, 1.54) is 0 Å². The molecule has 0 saturated heterocycles. The largest absolute Gasteiger partial charge is 0.244 e. The van der Waals surface area contributed by atoms with Crippen molar-refractivity contribution in [1.82, 2.24) is 4.98 Å². The fourth-order valence-electron chi connectivity index (χ4n) is 1.35. The lowest BCUT2D eigenvalue weighted by molar-refractivity contribution is 1.33. The molecule has 0 atom stereocenters. The Bertz CT molecular complexity index is 556. The molecule has 2 aromatic rings. The van der Waals surface area contributed by atoms with Crippen LogP contribution in [-0.4, -0.2) is 4.98 Å². The SMILES string of the molecule is N#Cc1ccc(-c2ccc(Cl)nc2)c(Cl)c1. The highest BCUT2D eigenvalue weighted by molar-refractivity contribution is 6.33. The second kappa shape index (κ2) is 4.52. The topological polar surface area (TPSA) is 36.7 Å². The Balaban J connectivity index is 2.49. The molecule has 1 aromatic carbocycles. The Morgan fingerprint density at radius 2 is 1.94 bits per heavy atom. The molecule has 16 heavy (non-hydrogen) atoms. The quantitative estimate of drug-likeness (QED) is 0.718. The first-order valence-corrected chi connectivity index (χ1v) is 5.28. The van der Waals surface area contributed by atoms with Crippen LogP contribution < -0.4 is 0 Å². The number of hydrogen-bond donors (Lipinski definition) is 0. The third-order valence-corrected chi connectivity index (χ3v) is 2.67. The van der Waals surface area contributed by atoms with E-state index in [1.54, 1.807) is 30.5 Å². The molecule has 0 bridgehead atoms. The van der Waals surface area contributed by atoms with Crippen LogP contribution in [0.5, 0.6) is 0 Å². The van der Waals surface area contributed by atoms with E-state index < -0.39 is 0 Å². The lowest BCUT2D eigenvalue weighted by Crippen LogP contribution is -1.83. The van der Waals surface area contributed by atoms with Gasteiger partial charge in [0.1, 0.15) is 5.15 Å². The normalized spacial score (nSPS) is 9.81. The zero-order valence-corrected chi connectivity index (χ0v) is 9.63. The van der Waals surface area contributed by atoms with Crippen molar-refractivity contribution in [2.45, 2.75) is 0 Å². The van der Waals surface area contributed by atoms with Gasteiger partial charge in [0.05, 0.1) is 11.6 Å². The third kappa shape index (κ3) is 2.16. The number of benzene rings is 1. The molecule has 0 aliphatic rings. The molecule has 78 valence electrons. The van der Waals surface area contributed by atoms with Gasteiger partial charge < -0.3 is 0 Å². The first-order valence-electron chi connectivity index (χ1n) is 4.52. The first kappa shape index (κ1) is 10.9. The maximum atomic E-state index is 8.72. The third-order valence-electron chi connectivity index (χ3n) is 2.14. The fraction of sp³-hybridized carbons (Fsp3) is 0. The van der Waals surface area contributed by atoms with Crippen LogP contribution in [0.25, 0.3) is 11.1 Å². The summed E-state index contributed by atoms with van der Waals surface area (Å²) in [4.78, 5) is 3.98. The number of nitriles is 1. The van der Waals surface area contributed by atoms with Crippen molar-refractivity contribution < 1.29 is 0 Å². The van der Waals surface area contributed by atoms with Crippen molar-refractivity contribution in [2.24, 2.45) is 0 Å². The van der Waals surface area contributed by atoms with Gasteiger partial charge in [-0.25, -0.2) is 4.98 Å². The molecule has 1 aromatic heterocycles. The van der Waals surface area contributed by atoms with Crippen LogP contribution in [0.4, 0.5) is 0 Å². The summed E-state index contributed by atoms with van der Waals surface area (Å²) in [7, 11) is 0. The summed E-state index contributed by atoms with van der Waals surface area (Å²) >= 11 is 11.8. The highest BCUT2D eigenvalue weighted by Crippen LogP contribution is 2.28. The van der Waals surface area contributed by atoms with Crippen LogP contribution in [0, 0.1) is 11.3 Å². The van der Waals surface area contributed by atoms with Gasteiger partial charge in [0.2, 0.25) is 0 Å². The van der Waals surface area contributed by atoms with E-state index in [0.29, 0.717) is 15.7 Å². The number of rotatable bonds is 1. The minimum Gasteiger partial charge on any atom is -0.244 e. The average Bonchev–Trinajstić information content (AvgIpc) is 2.30. The van der Waals surface area contributed by atoms with Crippen LogP contribution in [0.1, 0.15) is 5.56 Å². The van der Waals surface area contributed by atoms with Gasteiger partial charge in [-0.05, 0) is 24.3 Å². The molecule has 1 heterocycles. The number of pyridine rings is 1. The minimum atomic E-state index is 0.438. The predicted molar refractivity (Wildman–Crippen MR) is 64.4 cm³/mol. The molecule has 2 nitrogen and oxygen atoms in total. The van der Waals surface area contributed by atoms with E-state index >= 15 is 0 Å². The average molecular weight is 249 g/mol. The molecule has 0 N–H and O–H groups in total. The summed E-state index contributed by atoms with van der Waals surface area (Å²) in [6.45, 7) is 0. The van der Waals surface area contributed by atoms with Gasteiger partial charge in [-0.3, -0.25) is 0 Å². The lowest BCUT2D eigenvalue weighted by atomic mass is 10.1. The smallest absolute Gasteiger partial charge is 0.129 e. The van der Waals surface area contributed by atoms with E-state index in [1.807, 2.05) is 12.1 Å². The molecule has 0 saturated carbocycles. The van der Waals surface area contributed by atoms with Gasteiger partial charge in [-0.15, -0.1) is 0 Å². The van der Waals surface area contributed by atoms with Gasteiger partial charge in [-0.2, -0.15) is 5.26 Å².